The summed E-state index contributed by atoms with van der Waals surface area (Å²) in [5.74, 6) is 1.28. The van der Waals surface area contributed by atoms with Crippen LogP contribution in [0.25, 0.3) is 5.69 Å². The fraction of sp³-hybridized carbons (Fsp3) is 0.176. The van der Waals surface area contributed by atoms with Crippen LogP contribution in [0, 0.1) is 23.2 Å². The van der Waals surface area contributed by atoms with E-state index in [-0.39, 0.29) is 5.82 Å². The summed E-state index contributed by atoms with van der Waals surface area (Å²) in [4.78, 5) is 8.58. The van der Waals surface area contributed by atoms with Crippen LogP contribution in [-0.4, -0.2) is 14.5 Å². The van der Waals surface area contributed by atoms with Crippen molar-refractivity contribution >= 4 is 28.4 Å². The van der Waals surface area contributed by atoms with E-state index in [4.69, 9.17) is 0 Å². The fourth-order valence-corrected chi connectivity index (χ4v) is 2.62. The minimum atomic E-state index is -0.267. The zero-order chi connectivity index (χ0) is 16.4. The smallest absolute Gasteiger partial charge is 0.147 e. The van der Waals surface area contributed by atoms with Crippen LogP contribution in [0.4, 0.5) is 10.2 Å². The van der Waals surface area contributed by atoms with Crippen molar-refractivity contribution in [3.8, 4) is 5.69 Å². The summed E-state index contributed by atoms with van der Waals surface area (Å²) in [7, 11) is 0. The molecule has 0 aliphatic rings. The minimum Gasteiger partial charge on any atom is -0.366 e. The Labute approximate surface area is 147 Å². The van der Waals surface area contributed by atoms with Crippen molar-refractivity contribution in [3.05, 3.63) is 69.2 Å². The highest BCUT2D eigenvalue weighted by atomic mass is 127. The van der Waals surface area contributed by atoms with Crippen LogP contribution in [0.2, 0.25) is 0 Å². The molecule has 1 N–H and O–H groups in total. The van der Waals surface area contributed by atoms with Crippen molar-refractivity contribution in [2.45, 2.75) is 20.4 Å². The molecule has 6 heteroatoms. The average molecular weight is 422 g/mol. The van der Waals surface area contributed by atoms with E-state index >= 15 is 0 Å². The van der Waals surface area contributed by atoms with Crippen molar-refractivity contribution < 1.29 is 4.39 Å². The second kappa shape index (κ2) is 6.66. The SMILES string of the molecule is Cc1nc(NCc2ccc(-n3ccnc3C)c(F)c2)ccc1I. The largest absolute Gasteiger partial charge is 0.366 e. The van der Waals surface area contributed by atoms with Crippen LogP contribution >= 0.6 is 22.6 Å². The molecule has 3 aromatic rings. The lowest BCUT2D eigenvalue weighted by molar-refractivity contribution is 0.614. The van der Waals surface area contributed by atoms with E-state index in [9.17, 15) is 4.39 Å². The van der Waals surface area contributed by atoms with Gasteiger partial charge in [0.15, 0.2) is 0 Å². The van der Waals surface area contributed by atoms with Crippen molar-refractivity contribution in [2.75, 3.05) is 5.32 Å². The van der Waals surface area contributed by atoms with E-state index in [1.54, 1.807) is 29.1 Å². The molecule has 1 aromatic carbocycles. The molecule has 0 saturated heterocycles. The van der Waals surface area contributed by atoms with Gasteiger partial charge in [-0.1, -0.05) is 6.07 Å². The number of hydrogen-bond acceptors (Lipinski definition) is 3. The molecule has 23 heavy (non-hydrogen) atoms. The first-order valence-electron chi connectivity index (χ1n) is 7.20. The normalized spacial score (nSPS) is 10.8. The molecule has 0 saturated carbocycles. The maximum absolute atomic E-state index is 14.3. The van der Waals surface area contributed by atoms with E-state index in [2.05, 4.69) is 37.9 Å². The van der Waals surface area contributed by atoms with E-state index in [1.165, 1.54) is 0 Å². The highest BCUT2D eigenvalue weighted by Gasteiger charge is 2.08. The molecule has 2 heterocycles. The Hall–Kier alpha value is -1.96. The number of aromatic nitrogens is 3. The summed E-state index contributed by atoms with van der Waals surface area (Å²) >= 11 is 2.25. The number of rotatable bonds is 4. The highest BCUT2D eigenvalue weighted by Crippen LogP contribution is 2.18. The Kier molecular flexibility index (Phi) is 4.61. The molecule has 118 valence electrons. The van der Waals surface area contributed by atoms with Crippen LogP contribution in [0.1, 0.15) is 17.1 Å². The monoisotopic (exact) mass is 422 g/mol. The number of nitrogens with zero attached hydrogens (tertiary/aromatic N) is 3. The van der Waals surface area contributed by atoms with Gasteiger partial charge < -0.3 is 9.88 Å². The van der Waals surface area contributed by atoms with Crippen molar-refractivity contribution in [2.24, 2.45) is 0 Å². The molecule has 0 aliphatic carbocycles. The minimum absolute atomic E-state index is 0.267. The maximum Gasteiger partial charge on any atom is 0.147 e. The first-order valence-corrected chi connectivity index (χ1v) is 8.28. The highest BCUT2D eigenvalue weighted by molar-refractivity contribution is 14.1. The molecule has 0 bridgehead atoms. The summed E-state index contributed by atoms with van der Waals surface area (Å²) in [6.45, 7) is 4.34. The third-order valence-electron chi connectivity index (χ3n) is 3.59. The lowest BCUT2D eigenvalue weighted by Crippen LogP contribution is -2.05. The van der Waals surface area contributed by atoms with Crippen molar-refractivity contribution in [1.29, 1.82) is 0 Å². The number of pyridine rings is 1. The lowest BCUT2D eigenvalue weighted by Gasteiger charge is -2.10. The first-order chi connectivity index (χ1) is 11.0. The number of hydrogen-bond donors (Lipinski definition) is 1. The Balaban J connectivity index is 1.75. The number of benzene rings is 1. The molecule has 0 aliphatic heterocycles. The van der Waals surface area contributed by atoms with Crippen LogP contribution in [-0.2, 0) is 6.54 Å². The Morgan fingerprint density at radius 2 is 2.04 bits per heavy atom. The van der Waals surface area contributed by atoms with Gasteiger partial charge in [0.1, 0.15) is 17.5 Å². The second-order valence-corrected chi connectivity index (χ2v) is 6.41. The van der Waals surface area contributed by atoms with Gasteiger partial charge >= 0.3 is 0 Å². The van der Waals surface area contributed by atoms with Crippen LogP contribution in [0.3, 0.4) is 0 Å². The van der Waals surface area contributed by atoms with E-state index in [0.717, 1.165) is 26.5 Å². The summed E-state index contributed by atoms with van der Waals surface area (Å²) in [5.41, 5.74) is 2.35. The van der Waals surface area contributed by atoms with Gasteiger partial charge in [0, 0.05) is 22.5 Å². The summed E-state index contributed by atoms with van der Waals surface area (Å²) in [6, 6.07) is 9.16. The zero-order valence-electron chi connectivity index (χ0n) is 12.8. The summed E-state index contributed by atoms with van der Waals surface area (Å²) < 4.78 is 17.2. The van der Waals surface area contributed by atoms with E-state index < -0.39 is 0 Å². The van der Waals surface area contributed by atoms with Gasteiger partial charge in [-0.05, 0) is 66.3 Å². The molecule has 0 fully saturated rings. The van der Waals surface area contributed by atoms with Gasteiger partial charge in [-0.25, -0.2) is 14.4 Å². The number of halogens is 2. The maximum atomic E-state index is 14.3. The topological polar surface area (TPSA) is 42.7 Å². The Morgan fingerprint density at radius 3 is 2.70 bits per heavy atom. The van der Waals surface area contributed by atoms with Gasteiger partial charge in [0.25, 0.3) is 0 Å². The van der Waals surface area contributed by atoms with Gasteiger partial charge in [-0.2, -0.15) is 0 Å². The molecule has 4 nitrogen and oxygen atoms in total. The molecule has 0 radical (unpaired) electrons. The third kappa shape index (κ3) is 3.52. The summed E-state index contributed by atoms with van der Waals surface area (Å²) in [5, 5.41) is 3.22. The van der Waals surface area contributed by atoms with Crippen LogP contribution < -0.4 is 5.32 Å². The number of aryl methyl sites for hydroxylation is 2. The second-order valence-electron chi connectivity index (χ2n) is 5.25. The van der Waals surface area contributed by atoms with Gasteiger partial charge in [-0.15, -0.1) is 0 Å². The lowest BCUT2D eigenvalue weighted by atomic mass is 10.2. The predicted octanol–water partition coefficient (Wildman–Crippen LogP) is 4.24. The molecule has 2 aromatic heterocycles. The number of anilines is 1. The van der Waals surface area contributed by atoms with Crippen LogP contribution in [0.5, 0.6) is 0 Å². The Bertz CT molecular complexity index is 844. The van der Waals surface area contributed by atoms with Crippen LogP contribution in [0.15, 0.2) is 42.7 Å². The molecular formula is C17H16FIN4. The molecule has 3 rings (SSSR count). The number of imidazole rings is 1. The predicted molar refractivity (Wildman–Crippen MR) is 97.3 cm³/mol. The van der Waals surface area contributed by atoms with E-state index in [0.29, 0.717) is 12.2 Å². The standard InChI is InChI=1S/C17H16FIN4/c1-11-15(19)4-6-17(22-11)21-10-13-3-5-16(14(18)9-13)23-8-7-20-12(23)2/h3-9H,10H2,1-2H3,(H,21,22). The fourth-order valence-electron chi connectivity index (χ4n) is 2.32. The van der Waals surface area contributed by atoms with Gasteiger partial charge in [0.2, 0.25) is 0 Å². The third-order valence-corrected chi connectivity index (χ3v) is 4.73. The van der Waals surface area contributed by atoms with Gasteiger partial charge in [0.05, 0.1) is 11.4 Å². The van der Waals surface area contributed by atoms with E-state index in [1.807, 2.05) is 32.0 Å². The average Bonchev–Trinajstić information content (AvgIpc) is 2.94. The van der Waals surface area contributed by atoms with Crippen molar-refractivity contribution in [3.63, 3.8) is 0 Å². The zero-order valence-corrected chi connectivity index (χ0v) is 15.0. The molecule has 0 unspecified atom stereocenters. The Morgan fingerprint density at radius 1 is 1.22 bits per heavy atom. The quantitative estimate of drug-likeness (QED) is 0.640. The molecule has 0 atom stereocenters. The van der Waals surface area contributed by atoms with Gasteiger partial charge in [-0.3, -0.25) is 0 Å². The summed E-state index contributed by atoms with van der Waals surface area (Å²) in [6.07, 6.45) is 3.42. The molecule has 0 amide bonds. The molecule has 0 spiro atoms. The van der Waals surface area contributed by atoms with Crippen molar-refractivity contribution in [1.82, 2.24) is 14.5 Å². The molecular weight excluding hydrogens is 406 g/mol. The number of nitrogens with one attached hydrogen (secondary N) is 1. The first kappa shape index (κ1) is 15.9.